The molecule has 3 fully saturated rings. The van der Waals surface area contributed by atoms with E-state index in [1.165, 1.54) is 39.0 Å². The van der Waals surface area contributed by atoms with E-state index in [0.29, 0.717) is 31.1 Å². The summed E-state index contributed by atoms with van der Waals surface area (Å²) in [5, 5.41) is 0. The lowest BCUT2D eigenvalue weighted by atomic mass is 10.0. The number of ether oxygens (including phenoxy) is 2. The van der Waals surface area contributed by atoms with Crippen molar-refractivity contribution in [2.45, 2.75) is 52.1 Å². The standard InChI is InChI=1S/C31H47N7O3/c1-4-25-27(22-36-16-18-41-19-17-36)33-26(30(34-25)31(32)39)20-23-6-7-28(29(21-23)40-3)38-10-8-24(9-11-38)37-14-12-35(5-2)13-15-37/h6-7,21,24H,4-5,8-20,22H2,1-3H3,(H2,32,39). The van der Waals surface area contributed by atoms with Crippen LogP contribution in [0.4, 0.5) is 5.69 Å². The Morgan fingerprint density at radius 1 is 0.951 bits per heavy atom. The average Bonchev–Trinajstić information content (AvgIpc) is 3.01. The number of piperazine rings is 1. The first-order valence-electron chi connectivity index (χ1n) is 15.4. The van der Waals surface area contributed by atoms with E-state index < -0.39 is 5.91 Å². The lowest BCUT2D eigenvalue weighted by molar-refractivity contribution is 0.0334. The number of aryl methyl sites for hydroxylation is 1. The monoisotopic (exact) mass is 565 g/mol. The van der Waals surface area contributed by atoms with E-state index in [4.69, 9.17) is 25.2 Å². The number of likely N-dealkylation sites (N-methyl/N-ethyl adjacent to an activating group) is 1. The number of primary amides is 1. The SMILES string of the molecule is CCc1nc(C(N)=O)c(Cc2ccc(N3CCC(N4CCN(CC)CC4)CC3)c(OC)c2)nc1CN1CCOCC1. The van der Waals surface area contributed by atoms with Gasteiger partial charge in [-0.3, -0.25) is 19.6 Å². The Hall–Kier alpha value is -2.79. The van der Waals surface area contributed by atoms with Gasteiger partial charge in [0.1, 0.15) is 11.4 Å². The molecule has 2 N–H and O–H groups in total. The first kappa shape index (κ1) is 29.7. The molecule has 0 unspecified atom stereocenters. The van der Waals surface area contributed by atoms with E-state index in [0.717, 1.165) is 74.3 Å². The summed E-state index contributed by atoms with van der Waals surface area (Å²) >= 11 is 0. The number of hydrogen-bond donors (Lipinski definition) is 1. The van der Waals surface area contributed by atoms with Crippen molar-refractivity contribution in [3.05, 3.63) is 46.5 Å². The quantitative estimate of drug-likeness (QED) is 0.465. The lowest BCUT2D eigenvalue weighted by Crippen LogP contribution is -2.53. The summed E-state index contributed by atoms with van der Waals surface area (Å²) in [5.41, 5.74) is 10.6. The molecule has 224 valence electrons. The molecule has 0 bridgehead atoms. The Balaban J connectivity index is 1.29. The summed E-state index contributed by atoms with van der Waals surface area (Å²) in [5.74, 6) is 0.312. The average molecular weight is 566 g/mol. The molecular weight excluding hydrogens is 518 g/mol. The van der Waals surface area contributed by atoms with Crippen LogP contribution in [-0.2, 0) is 24.1 Å². The number of nitrogens with zero attached hydrogens (tertiary/aromatic N) is 6. The highest BCUT2D eigenvalue weighted by Crippen LogP contribution is 2.33. The van der Waals surface area contributed by atoms with Crippen molar-refractivity contribution in [1.29, 1.82) is 0 Å². The third-order valence-electron chi connectivity index (χ3n) is 8.96. The van der Waals surface area contributed by atoms with Gasteiger partial charge in [-0.2, -0.15) is 0 Å². The molecule has 0 atom stereocenters. The largest absolute Gasteiger partial charge is 0.495 e. The number of amides is 1. The van der Waals surface area contributed by atoms with Crippen LogP contribution in [0.3, 0.4) is 0 Å². The highest BCUT2D eigenvalue weighted by Gasteiger charge is 2.28. The molecule has 1 aromatic heterocycles. The van der Waals surface area contributed by atoms with Gasteiger partial charge in [0, 0.05) is 71.4 Å². The van der Waals surface area contributed by atoms with E-state index >= 15 is 0 Å². The number of rotatable bonds is 10. The molecule has 0 aliphatic carbocycles. The molecule has 0 spiro atoms. The molecule has 0 saturated carbocycles. The minimum absolute atomic E-state index is 0.262. The number of methoxy groups -OCH3 is 1. The lowest BCUT2D eigenvalue weighted by Gasteiger charge is -2.43. The van der Waals surface area contributed by atoms with E-state index in [1.807, 2.05) is 6.92 Å². The number of nitrogens with two attached hydrogens (primary N) is 1. The second kappa shape index (κ2) is 13.9. The van der Waals surface area contributed by atoms with Crippen LogP contribution in [0.2, 0.25) is 0 Å². The third-order valence-corrected chi connectivity index (χ3v) is 8.96. The number of anilines is 1. The van der Waals surface area contributed by atoms with E-state index in [-0.39, 0.29) is 5.69 Å². The molecule has 41 heavy (non-hydrogen) atoms. The van der Waals surface area contributed by atoms with Crippen LogP contribution in [0.1, 0.15) is 59.8 Å². The molecule has 4 heterocycles. The fraction of sp³-hybridized carbons (Fsp3) is 0.645. The van der Waals surface area contributed by atoms with Crippen molar-refractivity contribution in [1.82, 2.24) is 24.7 Å². The highest BCUT2D eigenvalue weighted by molar-refractivity contribution is 5.92. The zero-order valence-corrected chi connectivity index (χ0v) is 25.1. The first-order chi connectivity index (χ1) is 20.0. The van der Waals surface area contributed by atoms with Gasteiger partial charge in [-0.25, -0.2) is 4.98 Å². The molecule has 5 rings (SSSR count). The highest BCUT2D eigenvalue weighted by atomic mass is 16.5. The second-order valence-electron chi connectivity index (χ2n) is 11.4. The molecule has 2 aromatic rings. The summed E-state index contributed by atoms with van der Waals surface area (Å²) < 4.78 is 11.4. The molecule has 0 radical (unpaired) electrons. The Bertz CT molecular complexity index is 1170. The number of benzene rings is 1. The Morgan fingerprint density at radius 2 is 1.68 bits per heavy atom. The van der Waals surface area contributed by atoms with Crippen molar-refractivity contribution >= 4 is 11.6 Å². The van der Waals surface area contributed by atoms with Crippen molar-refractivity contribution in [2.24, 2.45) is 5.73 Å². The second-order valence-corrected chi connectivity index (χ2v) is 11.4. The molecule has 10 nitrogen and oxygen atoms in total. The summed E-state index contributed by atoms with van der Waals surface area (Å²) in [6, 6.07) is 7.02. The topological polar surface area (TPSA) is 100 Å². The van der Waals surface area contributed by atoms with Gasteiger partial charge in [-0.15, -0.1) is 0 Å². The molecular formula is C31H47N7O3. The predicted molar refractivity (Wildman–Crippen MR) is 161 cm³/mol. The van der Waals surface area contributed by atoms with Crippen molar-refractivity contribution in [3.63, 3.8) is 0 Å². The van der Waals surface area contributed by atoms with Crippen molar-refractivity contribution in [3.8, 4) is 5.75 Å². The molecule has 1 aromatic carbocycles. The maximum atomic E-state index is 12.4. The molecule has 10 heteroatoms. The Labute approximate surface area is 244 Å². The van der Waals surface area contributed by atoms with Gasteiger partial charge in [-0.1, -0.05) is 19.9 Å². The number of aromatic nitrogens is 2. The maximum absolute atomic E-state index is 12.4. The first-order valence-corrected chi connectivity index (χ1v) is 15.4. The maximum Gasteiger partial charge on any atom is 0.269 e. The molecule has 3 aliphatic rings. The fourth-order valence-corrected chi connectivity index (χ4v) is 6.45. The normalized spacial score (nSPS) is 19.9. The minimum Gasteiger partial charge on any atom is -0.495 e. The van der Waals surface area contributed by atoms with Crippen LogP contribution in [0.15, 0.2) is 18.2 Å². The van der Waals surface area contributed by atoms with Crippen LogP contribution in [0, 0.1) is 0 Å². The fourth-order valence-electron chi connectivity index (χ4n) is 6.45. The van der Waals surface area contributed by atoms with Gasteiger partial charge >= 0.3 is 0 Å². The van der Waals surface area contributed by atoms with Gasteiger partial charge in [0.15, 0.2) is 0 Å². The molecule has 1 amide bonds. The zero-order chi connectivity index (χ0) is 28.8. The van der Waals surface area contributed by atoms with E-state index in [2.05, 4.69) is 44.7 Å². The molecule has 3 aliphatic heterocycles. The summed E-state index contributed by atoms with van der Waals surface area (Å²) in [7, 11) is 1.73. The number of hydrogen-bond acceptors (Lipinski definition) is 9. The Kier molecular flexibility index (Phi) is 10.1. The van der Waals surface area contributed by atoms with Crippen LogP contribution < -0.4 is 15.4 Å². The molecule has 3 saturated heterocycles. The van der Waals surface area contributed by atoms with Gasteiger partial charge in [0.2, 0.25) is 0 Å². The number of morpholine rings is 1. The van der Waals surface area contributed by atoms with Crippen molar-refractivity contribution in [2.75, 3.05) is 84.1 Å². The number of carbonyl (C=O) groups is 1. The smallest absolute Gasteiger partial charge is 0.269 e. The summed E-state index contributed by atoms with van der Waals surface area (Å²) in [6.07, 6.45) is 3.50. The zero-order valence-electron chi connectivity index (χ0n) is 25.1. The van der Waals surface area contributed by atoms with Gasteiger partial charge in [0.25, 0.3) is 5.91 Å². The van der Waals surface area contributed by atoms with Gasteiger partial charge < -0.3 is 25.0 Å². The number of carbonyl (C=O) groups excluding carboxylic acids is 1. The van der Waals surface area contributed by atoms with E-state index in [1.54, 1.807) is 7.11 Å². The summed E-state index contributed by atoms with van der Waals surface area (Å²) in [4.78, 5) is 32.1. The van der Waals surface area contributed by atoms with E-state index in [9.17, 15) is 4.79 Å². The summed E-state index contributed by atoms with van der Waals surface area (Å²) in [6.45, 7) is 16.1. The van der Waals surface area contributed by atoms with Gasteiger partial charge in [-0.05, 0) is 43.5 Å². The van der Waals surface area contributed by atoms with Crippen LogP contribution in [0.5, 0.6) is 5.75 Å². The van der Waals surface area contributed by atoms with Crippen molar-refractivity contribution < 1.29 is 14.3 Å². The van der Waals surface area contributed by atoms with Crippen LogP contribution in [0.25, 0.3) is 0 Å². The predicted octanol–water partition coefficient (Wildman–Crippen LogP) is 2.18. The minimum atomic E-state index is -0.539. The number of piperidine rings is 1. The third kappa shape index (κ3) is 7.17. The Morgan fingerprint density at radius 3 is 2.32 bits per heavy atom. The van der Waals surface area contributed by atoms with Gasteiger partial charge in [0.05, 0.1) is 43.1 Å². The van der Waals surface area contributed by atoms with Crippen LogP contribution >= 0.6 is 0 Å². The van der Waals surface area contributed by atoms with Crippen LogP contribution in [-0.4, -0.2) is 116 Å².